The van der Waals surface area contributed by atoms with Gasteiger partial charge in [-0.15, -0.1) is 0 Å². The van der Waals surface area contributed by atoms with Gasteiger partial charge in [-0.2, -0.15) is 5.10 Å². The summed E-state index contributed by atoms with van der Waals surface area (Å²) in [7, 11) is 1.57. The van der Waals surface area contributed by atoms with Gasteiger partial charge in [-0.1, -0.05) is 12.1 Å². The number of nitro groups is 1. The zero-order valence-electron chi connectivity index (χ0n) is 17.7. The van der Waals surface area contributed by atoms with Crippen LogP contribution >= 0.6 is 0 Å². The number of amides is 1. The van der Waals surface area contributed by atoms with Crippen LogP contribution in [0.4, 0.5) is 5.69 Å². The van der Waals surface area contributed by atoms with E-state index in [1.807, 2.05) is 39.0 Å². The molecule has 1 heterocycles. The van der Waals surface area contributed by atoms with E-state index >= 15 is 0 Å². The van der Waals surface area contributed by atoms with Crippen LogP contribution in [-0.4, -0.2) is 33.8 Å². The van der Waals surface area contributed by atoms with Crippen LogP contribution in [0.2, 0.25) is 0 Å². The fourth-order valence-electron chi connectivity index (χ4n) is 3.00. The number of benzene rings is 2. The Labute approximate surface area is 179 Å². The molecular formula is C22H24N4O5. The zero-order valence-corrected chi connectivity index (χ0v) is 17.7. The number of non-ortho nitro benzene ring substituents is 1. The van der Waals surface area contributed by atoms with Crippen LogP contribution in [0.5, 0.6) is 11.5 Å². The van der Waals surface area contributed by atoms with E-state index in [0.717, 1.165) is 5.56 Å². The Morgan fingerprint density at radius 2 is 1.90 bits per heavy atom. The Balaban J connectivity index is 1.73. The summed E-state index contributed by atoms with van der Waals surface area (Å²) in [5.41, 5.74) is 1.49. The lowest BCUT2D eigenvalue weighted by molar-refractivity contribution is -0.384. The molecule has 0 fully saturated rings. The predicted octanol–water partition coefficient (Wildman–Crippen LogP) is 4.07. The first-order valence-corrected chi connectivity index (χ1v) is 9.74. The van der Waals surface area contributed by atoms with Gasteiger partial charge >= 0.3 is 0 Å². The van der Waals surface area contributed by atoms with Gasteiger partial charge in [0.1, 0.15) is 0 Å². The van der Waals surface area contributed by atoms with E-state index in [-0.39, 0.29) is 29.4 Å². The summed E-state index contributed by atoms with van der Waals surface area (Å²) in [5, 5.41) is 18.1. The zero-order chi connectivity index (χ0) is 22.5. The Kier molecular flexibility index (Phi) is 6.54. The molecule has 1 atom stereocenters. The molecule has 1 aromatic heterocycles. The molecule has 0 aliphatic heterocycles. The molecule has 2 aromatic carbocycles. The molecule has 0 aliphatic rings. The summed E-state index contributed by atoms with van der Waals surface area (Å²) in [6.45, 7) is 5.72. The first-order valence-electron chi connectivity index (χ1n) is 9.74. The molecule has 1 amide bonds. The van der Waals surface area contributed by atoms with Crippen molar-refractivity contribution in [2.24, 2.45) is 0 Å². The number of hydrogen-bond donors (Lipinski definition) is 1. The molecule has 9 nitrogen and oxygen atoms in total. The molecule has 1 N–H and O–H groups in total. The van der Waals surface area contributed by atoms with Crippen LogP contribution in [0.1, 0.15) is 42.9 Å². The number of hydrogen-bond acceptors (Lipinski definition) is 6. The molecule has 0 aliphatic carbocycles. The lowest BCUT2D eigenvalue weighted by Gasteiger charge is -2.18. The van der Waals surface area contributed by atoms with Crippen molar-refractivity contribution in [3.8, 4) is 17.2 Å². The van der Waals surface area contributed by atoms with Crippen LogP contribution in [0, 0.1) is 10.1 Å². The second-order valence-electron chi connectivity index (χ2n) is 7.19. The van der Waals surface area contributed by atoms with E-state index in [0.29, 0.717) is 17.2 Å². The Morgan fingerprint density at radius 1 is 1.13 bits per heavy atom. The van der Waals surface area contributed by atoms with Gasteiger partial charge in [0.25, 0.3) is 11.6 Å². The van der Waals surface area contributed by atoms with Gasteiger partial charge in [0, 0.05) is 18.3 Å². The van der Waals surface area contributed by atoms with E-state index in [1.54, 1.807) is 31.5 Å². The summed E-state index contributed by atoms with van der Waals surface area (Å²) in [6, 6.07) is 12.8. The Hall–Kier alpha value is -3.88. The average molecular weight is 424 g/mol. The lowest BCUT2D eigenvalue weighted by atomic mass is 10.1. The van der Waals surface area contributed by atoms with Crippen LogP contribution in [0.25, 0.3) is 5.69 Å². The maximum absolute atomic E-state index is 12.7. The van der Waals surface area contributed by atoms with Crippen molar-refractivity contribution in [3.05, 3.63) is 76.1 Å². The summed E-state index contributed by atoms with van der Waals surface area (Å²) in [5.74, 6) is 0.857. The fourth-order valence-corrected chi connectivity index (χ4v) is 3.00. The highest BCUT2D eigenvalue weighted by molar-refractivity contribution is 5.92. The first kappa shape index (κ1) is 21.8. The van der Waals surface area contributed by atoms with Crippen LogP contribution in [0.15, 0.2) is 54.7 Å². The quantitative estimate of drug-likeness (QED) is 0.431. The van der Waals surface area contributed by atoms with Crippen molar-refractivity contribution < 1.29 is 19.2 Å². The maximum atomic E-state index is 12.7. The summed E-state index contributed by atoms with van der Waals surface area (Å²) < 4.78 is 12.6. The van der Waals surface area contributed by atoms with Crippen molar-refractivity contribution in [1.82, 2.24) is 15.1 Å². The third-order valence-electron chi connectivity index (χ3n) is 4.52. The number of methoxy groups -OCH3 is 1. The molecular weight excluding hydrogens is 400 g/mol. The largest absolute Gasteiger partial charge is 0.493 e. The normalized spacial score (nSPS) is 11.8. The number of carbonyl (C=O) groups excluding carboxylic acids is 1. The molecule has 3 aromatic rings. The van der Waals surface area contributed by atoms with Crippen molar-refractivity contribution in [3.63, 3.8) is 0 Å². The highest BCUT2D eigenvalue weighted by Gasteiger charge is 2.17. The van der Waals surface area contributed by atoms with Crippen LogP contribution in [0.3, 0.4) is 0 Å². The van der Waals surface area contributed by atoms with Gasteiger partial charge < -0.3 is 14.8 Å². The van der Waals surface area contributed by atoms with E-state index in [1.165, 1.54) is 16.8 Å². The van der Waals surface area contributed by atoms with Crippen LogP contribution in [-0.2, 0) is 0 Å². The van der Waals surface area contributed by atoms with Gasteiger partial charge in [0.05, 0.1) is 29.9 Å². The number of rotatable bonds is 8. The number of aromatic nitrogens is 2. The SMILES string of the molecule is COc1cc(C(C)NC(=O)c2ccn(-c3cccc([N+](=O)[O-])c3)n2)ccc1OC(C)C. The van der Waals surface area contributed by atoms with Gasteiger partial charge in [-0.25, -0.2) is 4.68 Å². The molecule has 162 valence electrons. The average Bonchev–Trinajstić information content (AvgIpc) is 3.24. The monoisotopic (exact) mass is 424 g/mol. The van der Waals surface area contributed by atoms with Gasteiger partial charge in [0.15, 0.2) is 17.2 Å². The second kappa shape index (κ2) is 9.29. The third-order valence-corrected chi connectivity index (χ3v) is 4.52. The molecule has 0 radical (unpaired) electrons. The Bertz CT molecular complexity index is 1090. The highest BCUT2D eigenvalue weighted by Crippen LogP contribution is 2.31. The molecule has 0 bridgehead atoms. The van der Waals surface area contributed by atoms with Crippen molar-refractivity contribution in [2.45, 2.75) is 32.9 Å². The van der Waals surface area contributed by atoms with E-state index in [4.69, 9.17) is 9.47 Å². The molecule has 1 unspecified atom stereocenters. The van der Waals surface area contributed by atoms with Gasteiger partial charge in [-0.3, -0.25) is 14.9 Å². The smallest absolute Gasteiger partial charge is 0.272 e. The standard InChI is InChI=1S/C22H24N4O5/c1-14(2)31-20-9-8-16(12-21(20)30-4)15(3)23-22(27)19-10-11-25(24-19)17-6-5-7-18(13-17)26(28)29/h5-15H,1-4H3,(H,23,27). The molecule has 0 spiro atoms. The fraction of sp³-hybridized carbons (Fsp3) is 0.273. The van der Waals surface area contributed by atoms with Gasteiger partial charge in [-0.05, 0) is 50.6 Å². The molecule has 0 saturated heterocycles. The number of carbonyl (C=O) groups is 1. The summed E-state index contributed by atoms with van der Waals surface area (Å²) >= 11 is 0. The minimum Gasteiger partial charge on any atom is -0.493 e. The van der Waals surface area contributed by atoms with Gasteiger partial charge in [0.2, 0.25) is 0 Å². The number of nitro benzene ring substituents is 1. The number of nitrogens with zero attached hydrogens (tertiary/aromatic N) is 3. The maximum Gasteiger partial charge on any atom is 0.272 e. The van der Waals surface area contributed by atoms with E-state index in [2.05, 4.69) is 10.4 Å². The Morgan fingerprint density at radius 3 is 2.58 bits per heavy atom. The third kappa shape index (κ3) is 5.19. The molecule has 31 heavy (non-hydrogen) atoms. The lowest BCUT2D eigenvalue weighted by Crippen LogP contribution is -2.27. The predicted molar refractivity (Wildman–Crippen MR) is 115 cm³/mol. The van der Waals surface area contributed by atoms with E-state index in [9.17, 15) is 14.9 Å². The molecule has 3 rings (SSSR count). The second-order valence-corrected chi connectivity index (χ2v) is 7.19. The van der Waals surface area contributed by atoms with Crippen LogP contribution < -0.4 is 14.8 Å². The minimum atomic E-state index is -0.478. The highest BCUT2D eigenvalue weighted by atomic mass is 16.6. The molecule has 9 heteroatoms. The van der Waals surface area contributed by atoms with Crippen molar-refractivity contribution >= 4 is 11.6 Å². The number of ether oxygens (including phenoxy) is 2. The van der Waals surface area contributed by atoms with Crippen molar-refractivity contribution in [1.29, 1.82) is 0 Å². The topological polar surface area (TPSA) is 109 Å². The van der Waals surface area contributed by atoms with Crippen molar-refractivity contribution in [2.75, 3.05) is 7.11 Å². The first-order chi connectivity index (χ1) is 14.8. The summed E-state index contributed by atoms with van der Waals surface area (Å²) in [4.78, 5) is 23.2. The summed E-state index contributed by atoms with van der Waals surface area (Å²) in [6.07, 6.45) is 1.60. The molecule has 0 saturated carbocycles. The minimum absolute atomic E-state index is 0.0121. The van der Waals surface area contributed by atoms with E-state index < -0.39 is 4.92 Å². The number of nitrogens with one attached hydrogen (secondary N) is 1.